The van der Waals surface area contributed by atoms with Gasteiger partial charge in [-0.05, 0) is 55.0 Å². The van der Waals surface area contributed by atoms with Crippen molar-refractivity contribution in [2.75, 3.05) is 5.32 Å². The third-order valence-corrected chi connectivity index (χ3v) is 6.37. The Kier molecular flexibility index (Phi) is 4.65. The molecule has 2 aliphatic rings. The molecule has 1 heterocycles. The molecule has 2 unspecified atom stereocenters. The van der Waals surface area contributed by atoms with Gasteiger partial charge in [-0.2, -0.15) is 13.2 Å². The largest absolute Gasteiger partial charge is 0.416 e. The summed E-state index contributed by atoms with van der Waals surface area (Å²) < 4.78 is 40.3. The monoisotopic (exact) mass is 378 g/mol. The van der Waals surface area contributed by atoms with Crippen LogP contribution < -0.4 is 11.1 Å². The maximum atomic E-state index is 13.4. The van der Waals surface area contributed by atoms with Gasteiger partial charge in [-0.15, -0.1) is 0 Å². The van der Waals surface area contributed by atoms with E-state index in [1.54, 1.807) is 0 Å². The normalized spacial score (nSPS) is 22.5. The van der Waals surface area contributed by atoms with E-state index >= 15 is 0 Å². The molecule has 0 amide bonds. The first-order chi connectivity index (χ1) is 12.4. The van der Waals surface area contributed by atoms with Crippen LogP contribution in [-0.2, 0) is 12.6 Å². The molecule has 6 heteroatoms. The minimum Gasteiger partial charge on any atom is -0.382 e. The number of hydrogen-bond donors (Lipinski definition) is 2. The second-order valence-corrected chi connectivity index (χ2v) is 8.24. The van der Waals surface area contributed by atoms with Gasteiger partial charge in [0.15, 0.2) is 0 Å². The molecule has 0 radical (unpaired) electrons. The molecule has 4 rings (SSSR count). The van der Waals surface area contributed by atoms with Crippen LogP contribution in [0.4, 0.5) is 18.9 Å². The lowest BCUT2D eigenvalue weighted by molar-refractivity contribution is -0.137. The van der Waals surface area contributed by atoms with Crippen LogP contribution in [0.2, 0.25) is 0 Å². The Balaban J connectivity index is 1.72. The van der Waals surface area contributed by atoms with Crippen molar-refractivity contribution < 1.29 is 13.2 Å². The molecule has 0 bridgehead atoms. The first kappa shape index (κ1) is 17.7. The van der Waals surface area contributed by atoms with Gasteiger partial charge in [0.2, 0.25) is 0 Å². The highest BCUT2D eigenvalue weighted by Crippen LogP contribution is 2.45. The van der Waals surface area contributed by atoms with Crippen molar-refractivity contribution in [2.45, 2.75) is 60.2 Å². The summed E-state index contributed by atoms with van der Waals surface area (Å²) in [6, 6.07) is 10.7. The van der Waals surface area contributed by atoms with Crippen molar-refractivity contribution in [3.05, 3.63) is 53.1 Å². The summed E-state index contributed by atoms with van der Waals surface area (Å²) in [7, 11) is 0. The molecule has 2 aromatic rings. The van der Waals surface area contributed by atoms with E-state index in [9.17, 15) is 13.2 Å². The van der Waals surface area contributed by atoms with E-state index in [0.29, 0.717) is 17.0 Å². The van der Waals surface area contributed by atoms with Crippen LogP contribution in [0.15, 0.2) is 46.2 Å². The first-order valence-corrected chi connectivity index (χ1v) is 9.74. The molecule has 138 valence electrons. The van der Waals surface area contributed by atoms with E-state index in [4.69, 9.17) is 5.73 Å². The summed E-state index contributed by atoms with van der Waals surface area (Å²) >= 11 is 1.42. The van der Waals surface area contributed by atoms with Crippen molar-refractivity contribution in [2.24, 2.45) is 5.73 Å². The Morgan fingerprint density at radius 2 is 1.88 bits per heavy atom. The van der Waals surface area contributed by atoms with Crippen LogP contribution in [0.1, 0.15) is 42.4 Å². The Morgan fingerprint density at radius 1 is 1.08 bits per heavy atom. The van der Waals surface area contributed by atoms with Crippen LogP contribution >= 0.6 is 11.8 Å². The van der Waals surface area contributed by atoms with Gasteiger partial charge in [0.05, 0.1) is 5.56 Å². The van der Waals surface area contributed by atoms with E-state index in [1.807, 2.05) is 24.3 Å². The van der Waals surface area contributed by atoms with Crippen molar-refractivity contribution in [1.29, 1.82) is 0 Å². The molecule has 2 atom stereocenters. The Bertz CT molecular complexity index is 819. The number of halogens is 3. The standard InChI is InChI=1S/C20H21F3N2S/c21-20(22,23)13-9-17(25-15-6-3-5-14(24)11-15)16-8-12-4-1-2-7-18(12)26-19(16)10-13/h1-2,4,7,9-10,14-15,25H,3,5-6,8,11,24H2. The topological polar surface area (TPSA) is 38.0 Å². The molecule has 3 N–H and O–H groups in total. The number of nitrogens with two attached hydrogens (primary N) is 1. The van der Waals surface area contributed by atoms with Crippen LogP contribution in [-0.4, -0.2) is 12.1 Å². The molecule has 2 nitrogen and oxygen atoms in total. The minimum absolute atomic E-state index is 0.123. The molecule has 0 saturated heterocycles. The van der Waals surface area contributed by atoms with E-state index in [0.717, 1.165) is 41.7 Å². The predicted molar refractivity (Wildman–Crippen MR) is 98.7 cm³/mol. The van der Waals surface area contributed by atoms with Gasteiger partial charge in [0.25, 0.3) is 0 Å². The zero-order chi connectivity index (χ0) is 18.3. The van der Waals surface area contributed by atoms with Crippen LogP contribution in [0.5, 0.6) is 0 Å². The van der Waals surface area contributed by atoms with E-state index in [-0.39, 0.29) is 12.1 Å². The molecule has 0 aromatic heterocycles. The molecule has 1 aliphatic carbocycles. The molecule has 1 saturated carbocycles. The maximum Gasteiger partial charge on any atom is 0.416 e. The molecule has 2 aromatic carbocycles. The second-order valence-electron chi connectivity index (χ2n) is 7.15. The summed E-state index contributed by atoms with van der Waals surface area (Å²) in [5.74, 6) is 0. The zero-order valence-corrected chi connectivity index (χ0v) is 15.1. The number of nitrogens with one attached hydrogen (secondary N) is 1. The lowest BCUT2D eigenvalue weighted by Crippen LogP contribution is -2.35. The highest BCUT2D eigenvalue weighted by Gasteiger charge is 2.34. The lowest BCUT2D eigenvalue weighted by atomic mass is 9.91. The van der Waals surface area contributed by atoms with E-state index in [2.05, 4.69) is 5.32 Å². The van der Waals surface area contributed by atoms with Gasteiger partial charge in [-0.1, -0.05) is 30.0 Å². The van der Waals surface area contributed by atoms with Gasteiger partial charge in [-0.25, -0.2) is 0 Å². The Morgan fingerprint density at radius 3 is 2.65 bits per heavy atom. The van der Waals surface area contributed by atoms with Crippen LogP contribution in [0.25, 0.3) is 0 Å². The van der Waals surface area contributed by atoms with Crippen molar-refractivity contribution in [1.82, 2.24) is 0 Å². The third-order valence-electron chi connectivity index (χ3n) is 5.17. The summed E-state index contributed by atoms with van der Waals surface area (Å²) in [5.41, 5.74) is 8.19. The third kappa shape index (κ3) is 3.58. The van der Waals surface area contributed by atoms with Gasteiger partial charge in [-0.3, -0.25) is 0 Å². The van der Waals surface area contributed by atoms with Crippen LogP contribution in [0, 0.1) is 0 Å². The molecular formula is C20H21F3N2S. The van der Waals surface area contributed by atoms with Crippen LogP contribution in [0.3, 0.4) is 0 Å². The van der Waals surface area contributed by atoms with Crippen molar-refractivity contribution in [3.63, 3.8) is 0 Å². The zero-order valence-electron chi connectivity index (χ0n) is 14.3. The van der Waals surface area contributed by atoms with Crippen molar-refractivity contribution in [3.8, 4) is 0 Å². The maximum absolute atomic E-state index is 13.4. The average molecular weight is 378 g/mol. The van der Waals surface area contributed by atoms with Gasteiger partial charge in [0.1, 0.15) is 0 Å². The highest BCUT2D eigenvalue weighted by atomic mass is 32.2. The van der Waals surface area contributed by atoms with E-state index < -0.39 is 11.7 Å². The summed E-state index contributed by atoms with van der Waals surface area (Å²) in [6.07, 6.45) is 0.0422. The van der Waals surface area contributed by atoms with Gasteiger partial charge < -0.3 is 11.1 Å². The first-order valence-electron chi connectivity index (χ1n) is 8.92. The molecule has 0 spiro atoms. The second kappa shape index (κ2) is 6.82. The fourth-order valence-electron chi connectivity index (χ4n) is 3.85. The summed E-state index contributed by atoms with van der Waals surface area (Å²) in [4.78, 5) is 1.73. The van der Waals surface area contributed by atoms with Crippen molar-refractivity contribution >= 4 is 17.4 Å². The molecular weight excluding hydrogens is 357 g/mol. The molecule has 1 fully saturated rings. The number of benzene rings is 2. The van der Waals surface area contributed by atoms with Gasteiger partial charge in [0, 0.05) is 34.0 Å². The Labute approximate surface area is 155 Å². The summed E-state index contributed by atoms with van der Waals surface area (Å²) in [5, 5.41) is 3.39. The smallest absolute Gasteiger partial charge is 0.382 e. The molecule has 26 heavy (non-hydrogen) atoms. The number of hydrogen-bond acceptors (Lipinski definition) is 3. The minimum atomic E-state index is -4.36. The number of anilines is 1. The molecule has 1 aliphatic heterocycles. The SMILES string of the molecule is NC1CCCC(Nc2cc(C(F)(F)F)cc3c2Cc2ccccc2S3)C1. The summed E-state index contributed by atoms with van der Waals surface area (Å²) in [6.45, 7) is 0. The predicted octanol–water partition coefficient (Wildman–Crippen LogP) is 5.44. The fraction of sp³-hybridized carbons (Fsp3) is 0.400. The fourth-order valence-corrected chi connectivity index (χ4v) is 4.99. The number of alkyl halides is 3. The van der Waals surface area contributed by atoms with E-state index in [1.165, 1.54) is 23.9 Å². The number of rotatable bonds is 2. The van der Waals surface area contributed by atoms with Gasteiger partial charge >= 0.3 is 6.18 Å². The number of fused-ring (bicyclic) bond motifs is 2. The highest BCUT2D eigenvalue weighted by molar-refractivity contribution is 7.99. The average Bonchev–Trinajstić information content (AvgIpc) is 2.59. The lowest BCUT2D eigenvalue weighted by Gasteiger charge is -2.31. The Hall–Kier alpha value is -1.66. The quantitative estimate of drug-likeness (QED) is 0.623.